The molecule has 5 nitrogen and oxygen atoms in total. The third-order valence-electron chi connectivity index (χ3n) is 4.46. The molecule has 0 radical (unpaired) electrons. The van der Waals surface area contributed by atoms with Gasteiger partial charge in [-0.3, -0.25) is 4.90 Å². The van der Waals surface area contributed by atoms with Gasteiger partial charge in [-0.25, -0.2) is 13.6 Å². The van der Waals surface area contributed by atoms with E-state index < -0.39 is 17.7 Å². The molecule has 1 aromatic carbocycles. The van der Waals surface area contributed by atoms with Crippen LogP contribution in [0.15, 0.2) is 12.1 Å². The summed E-state index contributed by atoms with van der Waals surface area (Å²) in [5.74, 6) is -1.31. The predicted octanol–water partition coefficient (Wildman–Crippen LogP) is 2.15. The van der Waals surface area contributed by atoms with Crippen molar-refractivity contribution in [2.45, 2.75) is 13.0 Å². The summed E-state index contributed by atoms with van der Waals surface area (Å²) in [6.45, 7) is 4.54. The lowest BCUT2D eigenvalue weighted by Gasteiger charge is -2.56. The number of nitrogens with zero attached hydrogens (tertiary/aromatic N) is 2. The molecule has 0 bridgehead atoms. The maximum atomic E-state index is 14.3. The van der Waals surface area contributed by atoms with Crippen molar-refractivity contribution in [1.29, 1.82) is 0 Å². The standard InChI is InChI=1S/C15H16F2N2O3/c1-9-4-19(14(20)22-9)10-2-11(16)13(12(17)3-10)18-5-15(6-18)7-21-8-15/h2-3,9H,4-8H2,1H3/t9-/m0/s1. The van der Waals surface area contributed by atoms with Gasteiger partial charge < -0.3 is 14.4 Å². The van der Waals surface area contributed by atoms with Crippen LogP contribution in [0.25, 0.3) is 0 Å². The molecule has 1 spiro atoms. The van der Waals surface area contributed by atoms with Gasteiger partial charge in [-0.1, -0.05) is 0 Å². The van der Waals surface area contributed by atoms with Crippen molar-refractivity contribution in [2.75, 3.05) is 42.6 Å². The number of ether oxygens (including phenoxy) is 2. The summed E-state index contributed by atoms with van der Waals surface area (Å²) in [7, 11) is 0. The molecule has 0 saturated carbocycles. The first-order chi connectivity index (χ1) is 10.5. The fourth-order valence-electron chi connectivity index (χ4n) is 3.32. The molecule has 3 aliphatic heterocycles. The fraction of sp³-hybridized carbons (Fsp3) is 0.533. The smallest absolute Gasteiger partial charge is 0.414 e. The van der Waals surface area contributed by atoms with Crippen molar-refractivity contribution >= 4 is 17.5 Å². The van der Waals surface area contributed by atoms with Crippen LogP contribution in [0.1, 0.15) is 6.92 Å². The maximum absolute atomic E-state index is 14.3. The van der Waals surface area contributed by atoms with Crippen LogP contribution < -0.4 is 9.80 Å². The number of amides is 1. The zero-order valence-electron chi connectivity index (χ0n) is 12.1. The Morgan fingerprint density at radius 3 is 2.32 bits per heavy atom. The second kappa shape index (κ2) is 4.55. The topological polar surface area (TPSA) is 42.0 Å². The molecule has 0 unspecified atom stereocenters. The Morgan fingerprint density at radius 1 is 1.23 bits per heavy atom. The van der Waals surface area contributed by atoms with Crippen molar-refractivity contribution in [1.82, 2.24) is 0 Å². The molecular weight excluding hydrogens is 294 g/mol. The molecule has 3 saturated heterocycles. The third-order valence-corrected chi connectivity index (χ3v) is 4.46. The summed E-state index contributed by atoms with van der Waals surface area (Å²) in [4.78, 5) is 14.6. The van der Waals surface area contributed by atoms with Crippen LogP contribution in [0.2, 0.25) is 0 Å². The number of benzene rings is 1. The number of hydrogen-bond donors (Lipinski definition) is 0. The molecule has 0 aromatic heterocycles. The number of carbonyl (C=O) groups is 1. The van der Waals surface area contributed by atoms with Gasteiger partial charge >= 0.3 is 6.09 Å². The monoisotopic (exact) mass is 310 g/mol. The Hall–Kier alpha value is -1.89. The molecular formula is C15H16F2N2O3. The molecule has 1 atom stereocenters. The highest BCUT2D eigenvalue weighted by molar-refractivity contribution is 5.90. The van der Waals surface area contributed by atoms with Crippen LogP contribution in [-0.4, -0.2) is 45.0 Å². The van der Waals surface area contributed by atoms with E-state index in [9.17, 15) is 13.6 Å². The second-order valence-electron chi connectivity index (χ2n) is 6.41. The summed E-state index contributed by atoms with van der Waals surface area (Å²) in [5.41, 5.74) is 0.239. The van der Waals surface area contributed by atoms with Crippen LogP contribution in [0, 0.1) is 17.0 Å². The van der Waals surface area contributed by atoms with Gasteiger partial charge in [0.15, 0.2) is 11.6 Å². The molecule has 118 valence electrons. The van der Waals surface area contributed by atoms with Gasteiger partial charge in [0.05, 0.1) is 30.9 Å². The average molecular weight is 310 g/mol. The van der Waals surface area contributed by atoms with Crippen LogP contribution in [0.4, 0.5) is 25.0 Å². The number of rotatable bonds is 2. The van der Waals surface area contributed by atoms with Crippen molar-refractivity contribution in [2.24, 2.45) is 5.41 Å². The molecule has 7 heteroatoms. The van der Waals surface area contributed by atoms with E-state index in [0.717, 1.165) is 0 Å². The highest BCUT2D eigenvalue weighted by Gasteiger charge is 2.50. The summed E-state index contributed by atoms with van der Waals surface area (Å²) < 4.78 is 38.8. The van der Waals surface area contributed by atoms with Crippen LogP contribution in [0.5, 0.6) is 0 Å². The molecule has 3 fully saturated rings. The lowest BCUT2D eigenvalue weighted by Crippen LogP contribution is -2.66. The van der Waals surface area contributed by atoms with Gasteiger partial charge in [-0.15, -0.1) is 0 Å². The molecule has 0 N–H and O–H groups in total. The van der Waals surface area contributed by atoms with Gasteiger partial charge in [-0.05, 0) is 6.92 Å². The lowest BCUT2D eigenvalue weighted by atomic mass is 9.77. The lowest BCUT2D eigenvalue weighted by molar-refractivity contribution is -0.127. The Balaban J connectivity index is 1.59. The Bertz CT molecular complexity index is 617. The summed E-state index contributed by atoms with van der Waals surface area (Å²) in [6, 6.07) is 2.39. The van der Waals surface area contributed by atoms with Gasteiger partial charge in [0.1, 0.15) is 11.8 Å². The van der Waals surface area contributed by atoms with E-state index in [0.29, 0.717) is 32.8 Å². The normalized spacial score (nSPS) is 26.0. The minimum atomic E-state index is -0.655. The Morgan fingerprint density at radius 2 is 1.86 bits per heavy atom. The quantitative estimate of drug-likeness (QED) is 0.839. The van der Waals surface area contributed by atoms with E-state index in [2.05, 4.69) is 0 Å². The van der Waals surface area contributed by atoms with Crippen molar-refractivity contribution < 1.29 is 23.0 Å². The number of halogens is 2. The minimum Gasteiger partial charge on any atom is -0.444 e. The first kappa shape index (κ1) is 13.8. The van der Waals surface area contributed by atoms with Crippen LogP contribution in [0.3, 0.4) is 0 Å². The van der Waals surface area contributed by atoms with Crippen LogP contribution >= 0.6 is 0 Å². The first-order valence-electron chi connectivity index (χ1n) is 7.27. The van der Waals surface area contributed by atoms with Gasteiger partial charge in [0.2, 0.25) is 0 Å². The molecule has 1 amide bonds. The zero-order chi connectivity index (χ0) is 15.5. The average Bonchev–Trinajstić information content (AvgIpc) is 2.67. The summed E-state index contributed by atoms with van der Waals surface area (Å²) >= 11 is 0. The Kier molecular flexibility index (Phi) is 2.84. The van der Waals surface area contributed by atoms with Crippen LogP contribution in [-0.2, 0) is 9.47 Å². The largest absolute Gasteiger partial charge is 0.444 e. The molecule has 1 aromatic rings. The number of hydrogen-bond acceptors (Lipinski definition) is 4. The number of cyclic esters (lactones) is 1. The van der Waals surface area contributed by atoms with Gasteiger partial charge in [0.25, 0.3) is 0 Å². The highest BCUT2D eigenvalue weighted by Crippen LogP contribution is 2.42. The predicted molar refractivity (Wildman–Crippen MR) is 75.1 cm³/mol. The molecule has 22 heavy (non-hydrogen) atoms. The van der Waals surface area contributed by atoms with E-state index >= 15 is 0 Å². The molecule has 0 aliphatic carbocycles. The fourth-order valence-corrected chi connectivity index (χ4v) is 3.32. The van der Waals surface area contributed by atoms with E-state index in [1.54, 1.807) is 11.8 Å². The molecule has 3 aliphatic rings. The van der Waals surface area contributed by atoms with Crippen molar-refractivity contribution in [3.8, 4) is 0 Å². The Labute approximate surface area is 126 Å². The van der Waals surface area contributed by atoms with E-state index in [1.807, 2.05) is 0 Å². The van der Waals surface area contributed by atoms with Crippen molar-refractivity contribution in [3.05, 3.63) is 23.8 Å². The molecule has 4 rings (SSSR count). The second-order valence-corrected chi connectivity index (χ2v) is 6.41. The van der Waals surface area contributed by atoms with E-state index in [1.165, 1.54) is 17.0 Å². The zero-order valence-corrected chi connectivity index (χ0v) is 12.1. The highest BCUT2D eigenvalue weighted by atomic mass is 19.1. The summed E-state index contributed by atoms with van der Waals surface area (Å²) in [6.07, 6.45) is -0.860. The molecule has 3 heterocycles. The van der Waals surface area contributed by atoms with E-state index in [4.69, 9.17) is 9.47 Å². The van der Waals surface area contributed by atoms with E-state index in [-0.39, 0.29) is 22.9 Å². The van der Waals surface area contributed by atoms with Gasteiger partial charge in [0, 0.05) is 25.2 Å². The third kappa shape index (κ3) is 1.95. The van der Waals surface area contributed by atoms with Crippen molar-refractivity contribution in [3.63, 3.8) is 0 Å². The van der Waals surface area contributed by atoms with Gasteiger partial charge in [-0.2, -0.15) is 0 Å². The first-order valence-corrected chi connectivity index (χ1v) is 7.27. The maximum Gasteiger partial charge on any atom is 0.414 e. The SMILES string of the molecule is C[C@H]1CN(c2cc(F)c(N3CC4(COC4)C3)c(F)c2)C(=O)O1. The minimum absolute atomic E-state index is 0.0260. The number of carbonyl (C=O) groups excluding carboxylic acids is 1. The number of anilines is 2. The summed E-state index contributed by atoms with van der Waals surface area (Å²) in [5, 5.41) is 0.